The molecule has 66 heavy (non-hydrogen) atoms. The number of hydrogen-bond donors (Lipinski definition) is 0. The lowest BCUT2D eigenvalue weighted by molar-refractivity contribution is -0.167. The molecule has 0 fully saturated rings. The average Bonchev–Trinajstić information content (AvgIpc) is 3.29. The Kier molecular flexibility index (Phi) is 50.0. The van der Waals surface area contributed by atoms with Gasteiger partial charge in [0.1, 0.15) is 13.2 Å². The van der Waals surface area contributed by atoms with Gasteiger partial charge in [0.05, 0.1) is 0 Å². The van der Waals surface area contributed by atoms with Crippen molar-refractivity contribution in [2.45, 2.75) is 337 Å². The SMILES string of the molecule is CCC(C)CCCCCCCCCCCCCCCCCCCCC(=O)OC[C@H](COC(=O)CCCCCCCCCCCCC(C)C)OC(=O)CCCCCCCCCCCCC(C)C. The number of esters is 3. The quantitative estimate of drug-likeness (QED) is 0.0343. The van der Waals surface area contributed by atoms with Crippen LogP contribution in [0.25, 0.3) is 0 Å². The Hall–Kier alpha value is -1.59. The van der Waals surface area contributed by atoms with Crippen molar-refractivity contribution in [3.05, 3.63) is 0 Å². The maximum absolute atomic E-state index is 12.8. The predicted molar refractivity (Wildman–Crippen MR) is 284 cm³/mol. The van der Waals surface area contributed by atoms with Gasteiger partial charge in [-0.15, -0.1) is 0 Å². The summed E-state index contributed by atoms with van der Waals surface area (Å²) in [5.41, 5.74) is 0. The normalized spacial score (nSPS) is 12.5. The van der Waals surface area contributed by atoms with Crippen LogP contribution in [0.2, 0.25) is 0 Å². The topological polar surface area (TPSA) is 78.9 Å². The largest absolute Gasteiger partial charge is 0.462 e. The van der Waals surface area contributed by atoms with Gasteiger partial charge in [0.25, 0.3) is 0 Å². The van der Waals surface area contributed by atoms with Gasteiger partial charge in [-0.1, -0.05) is 292 Å². The van der Waals surface area contributed by atoms with E-state index in [1.807, 2.05) is 0 Å². The highest BCUT2D eigenvalue weighted by Crippen LogP contribution is 2.19. The van der Waals surface area contributed by atoms with E-state index in [4.69, 9.17) is 14.2 Å². The van der Waals surface area contributed by atoms with Gasteiger partial charge in [0, 0.05) is 19.3 Å². The van der Waals surface area contributed by atoms with Gasteiger partial charge < -0.3 is 14.2 Å². The highest BCUT2D eigenvalue weighted by Gasteiger charge is 2.19. The molecule has 2 atom stereocenters. The Morgan fingerprint density at radius 2 is 0.530 bits per heavy atom. The molecule has 0 amide bonds. The summed E-state index contributed by atoms with van der Waals surface area (Å²) in [6, 6.07) is 0. The highest BCUT2D eigenvalue weighted by molar-refractivity contribution is 5.71. The second kappa shape index (κ2) is 51.3. The third-order valence-electron chi connectivity index (χ3n) is 14.0. The van der Waals surface area contributed by atoms with Crippen LogP contribution < -0.4 is 0 Å². The van der Waals surface area contributed by atoms with Gasteiger partial charge in [-0.3, -0.25) is 14.4 Å². The maximum Gasteiger partial charge on any atom is 0.306 e. The van der Waals surface area contributed by atoms with Crippen LogP contribution in [0.5, 0.6) is 0 Å². The lowest BCUT2D eigenvalue weighted by Crippen LogP contribution is -2.30. The number of ether oxygens (including phenoxy) is 3. The van der Waals surface area contributed by atoms with Crippen molar-refractivity contribution in [1.29, 1.82) is 0 Å². The van der Waals surface area contributed by atoms with Crippen LogP contribution in [-0.2, 0) is 28.6 Å². The summed E-state index contributed by atoms with van der Waals surface area (Å²) in [5.74, 6) is 1.70. The molecule has 0 aromatic rings. The zero-order valence-corrected chi connectivity index (χ0v) is 45.5. The summed E-state index contributed by atoms with van der Waals surface area (Å²) in [6.07, 6.45) is 53.8. The molecule has 6 heteroatoms. The molecule has 0 aromatic carbocycles. The fraction of sp³-hybridized carbons (Fsp3) is 0.950. The minimum Gasteiger partial charge on any atom is -0.462 e. The van der Waals surface area contributed by atoms with Crippen LogP contribution in [0.4, 0.5) is 0 Å². The Morgan fingerprint density at radius 1 is 0.303 bits per heavy atom. The Labute approximate surface area is 412 Å². The number of carbonyl (C=O) groups is 3. The minimum absolute atomic E-state index is 0.0637. The molecule has 0 aliphatic heterocycles. The summed E-state index contributed by atoms with van der Waals surface area (Å²) in [4.78, 5) is 38.1. The predicted octanol–water partition coefficient (Wildman–Crippen LogP) is 19.5. The first-order valence-electron chi connectivity index (χ1n) is 29.6. The van der Waals surface area contributed by atoms with E-state index >= 15 is 0 Å². The van der Waals surface area contributed by atoms with Gasteiger partial charge in [0.2, 0.25) is 0 Å². The number of unbranched alkanes of at least 4 members (excludes halogenated alkanes) is 35. The van der Waals surface area contributed by atoms with Crippen LogP contribution in [0.3, 0.4) is 0 Å². The molecule has 392 valence electrons. The zero-order valence-electron chi connectivity index (χ0n) is 45.5. The van der Waals surface area contributed by atoms with E-state index in [1.54, 1.807) is 0 Å². The molecule has 6 nitrogen and oxygen atoms in total. The van der Waals surface area contributed by atoms with Crippen molar-refractivity contribution < 1.29 is 28.6 Å². The molecule has 0 spiro atoms. The molecule has 0 bridgehead atoms. The summed E-state index contributed by atoms with van der Waals surface area (Å²) < 4.78 is 16.9. The van der Waals surface area contributed by atoms with Crippen LogP contribution in [0.15, 0.2) is 0 Å². The first kappa shape index (κ1) is 64.4. The number of carbonyl (C=O) groups excluding carboxylic acids is 3. The van der Waals surface area contributed by atoms with E-state index in [1.165, 1.54) is 212 Å². The first-order chi connectivity index (χ1) is 32.1. The van der Waals surface area contributed by atoms with E-state index in [0.29, 0.717) is 19.3 Å². The summed E-state index contributed by atoms with van der Waals surface area (Å²) in [6.45, 7) is 13.8. The monoisotopic (exact) mass is 933 g/mol. The fourth-order valence-electron chi connectivity index (χ4n) is 9.14. The van der Waals surface area contributed by atoms with Crippen LogP contribution in [-0.4, -0.2) is 37.2 Å². The van der Waals surface area contributed by atoms with Crippen molar-refractivity contribution >= 4 is 17.9 Å². The second-order valence-corrected chi connectivity index (χ2v) is 21.8. The molecular formula is C60H116O6. The molecule has 0 aliphatic carbocycles. The molecular weight excluding hydrogens is 817 g/mol. The van der Waals surface area contributed by atoms with E-state index in [9.17, 15) is 14.4 Å². The molecule has 0 saturated heterocycles. The van der Waals surface area contributed by atoms with Crippen LogP contribution in [0, 0.1) is 17.8 Å². The van der Waals surface area contributed by atoms with Crippen molar-refractivity contribution in [1.82, 2.24) is 0 Å². The lowest BCUT2D eigenvalue weighted by Gasteiger charge is -2.18. The summed E-state index contributed by atoms with van der Waals surface area (Å²) >= 11 is 0. The van der Waals surface area contributed by atoms with E-state index in [-0.39, 0.29) is 31.1 Å². The summed E-state index contributed by atoms with van der Waals surface area (Å²) in [7, 11) is 0. The molecule has 0 saturated carbocycles. The standard InChI is InChI=1S/C60H116O6/c1-7-56(6)48-42-36-30-24-16-14-12-10-8-9-11-13-15-17-25-31-37-43-49-58(61)64-52-57(66-60(63)51-45-39-33-27-21-19-23-29-35-41-47-55(4)5)53-65-59(62)50-44-38-32-26-20-18-22-28-34-40-46-54(2)3/h54-57H,7-53H2,1-6H3/t56?,57-/m1/s1. The zero-order chi connectivity index (χ0) is 48.4. The lowest BCUT2D eigenvalue weighted by atomic mass is 9.99. The third kappa shape index (κ3) is 51.8. The Bertz CT molecular complexity index is 1020. The van der Waals surface area contributed by atoms with Crippen LogP contribution >= 0.6 is 0 Å². The molecule has 0 aromatic heterocycles. The molecule has 0 aliphatic rings. The minimum atomic E-state index is -0.764. The summed E-state index contributed by atoms with van der Waals surface area (Å²) in [5, 5.41) is 0. The number of hydrogen-bond acceptors (Lipinski definition) is 6. The van der Waals surface area contributed by atoms with Gasteiger partial charge in [-0.25, -0.2) is 0 Å². The Balaban J connectivity index is 4.22. The van der Waals surface area contributed by atoms with Gasteiger partial charge in [-0.2, -0.15) is 0 Å². The number of rotatable bonds is 53. The van der Waals surface area contributed by atoms with Gasteiger partial charge in [-0.05, 0) is 37.0 Å². The fourth-order valence-corrected chi connectivity index (χ4v) is 9.14. The molecule has 1 unspecified atom stereocenters. The van der Waals surface area contributed by atoms with Gasteiger partial charge >= 0.3 is 17.9 Å². The molecule has 0 rings (SSSR count). The van der Waals surface area contributed by atoms with E-state index in [2.05, 4.69) is 41.5 Å². The van der Waals surface area contributed by atoms with Crippen LogP contribution in [0.1, 0.15) is 330 Å². The second-order valence-electron chi connectivity index (χ2n) is 21.8. The van der Waals surface area contributed by atoms with Gasteiger partial charge in [0.15, 0.2) is 6.10 Å². The van der Waals surface area contributed by atoms with Crippen molar-refractivity contribution in [2.75, 3.05) is 13.2 Å². The third-order valence-corrected chi connectivity index (χ3v) is 14.0. The molecule has 0 radical (unpaired) electrons. The average molecular weight is 934 g/mol. The van der Waals surface area contributed by atoms with Crippen molar-refractivity contribution in [3.63, 3.8) is 0 Å². The van der Waals surface area contributed by atoms with Crippen molar-refractivity contribution in [3.8, 4) is 0 Å². The highest BCUT2D eigenvalue weighted by atomic mass is 16.6. The van der Waals surface area contributed by atoms with E-state index in [0.717, 1.165) is 75.5 Å². The maximum atomic E-state index is 12.8. The smallest absolute Gasteiger partial charge is 0.306 e. The van der Waals surface area contributed by atoms with E-state index < -0.39 is 6.10 Å². The molecule has 0 N–H and O–H groups in total. The molecule has 0 heterocycles. The van der Waals surface area contributed by atoms with Crippen molar-refractivity contribution in [2.24, 2.45) is 17.8 Å². The Morgan fingerprint density at radius 3 is 0.788 bits per heavy atom. The first-order valence-corrected chi connectivity index (χ1v) is 29.6.